The zero-order chi connectivity index (χ0) is 23.3. The molecule has 0 aliphatic carbocycles. The van der Waals surface area contributed by atoms with Gasteiger partial charge in [-0.3, -0.25) is 4.90 Å². The van der Waals surface area contributed by atoms with Crippen LogP contribution in [-0.4, -0.2) is 50.0 Å². The minimum Gasteiger partial charge on any atom is -0.493 e. The van der Waals surface area contributed by atoms with Gasteiger partial charge in [0.1, 0.15) is 0 Å². The van der Waals surface area contributed by atoms with Crippen molar-refractivity contribution in [3.8, 4) is 11.5 Å². The number of benzene rings is 2. The summed E-state index contributed by atoms with van der Waals surface area (Å²) in [4.78, 5) is 16.7. The SMILES string of the molecule is CCOC(=O)N1c2cc(OC)c(OC)cc2[C@H](N(Cc2ccccc2)C(=S)NC)C[C@@H]1C. The minimum atomic E-state index is -0.377. The van der Waals surface area contributed by atoms with Crippen LogP contribution in [0.4, 0.5) is 10.5 Å². The maximum atomic E-state index is 12.9. The molecule has 2 aromatic carbocycles. The monoisotopic (exact) mass is 457 g/mol. The summed E-state index contributed by atoms with van der Waals surface area (Å²) >= 11 is 5.71. The van der Waals surface area contributed by atoms with E-state index in [0.717, 1.165) is 16.8 Å². The average Bonchev–Trinajstić information content (AvgIpc) is 2.81. The highest BCUT2D eigenvalue weighted by atomic mass is 32.1. The van der Waals surface area contributed by atoms with Crippen LogP contribution in [0.1, 0.15) is 37.4 Å². The average molecular weight is 458 g/mol. The quantitative estimate of drug-likeness (QED) is 0.641. The van der Waals surface area contributed by atoms with Gasteiger partial charge < -0.3 is 24.4 Å². The van der Waals surface area contributed by atoms with Gasteiger partial charge in [-0.05, 0) is 44.1 Å². The summed E-state index contributed by atoms with van der Waals surface area (Å²) in [6.07, 6.45) is 0.299. The van der Waals surface area contributed by atoms with Crippen molar-refractivity contribution in [2.45, 2.75) is 38.9 Å². The zero-order valence-corrected chi connectivity index (χ0v) is 20.1. The molecular formula is C24H31N3O4S. The molecule has 1 amide bonds. The van der Waals surface area contributed by atoms with Gasteiger partial charge in [-0.25, -0.2) is 4.79 Å². The molecule has 0 radical (unpaired) electrons. The van der Waals surface area contributed by atoms with Gasteiger partial charge in [0, 0.05) is 31.3 Å². The predicted octanol–water partition coefficient (Wildman–Crippen LogP) is 4.51. The minimum absolute atomic E-state index is 0.0781. The van der Waals surface area contributed by atoms with Crippen molar-refractivity contribution in [3.05, 3.63) is 53.6 Å². The number of nitrogens with one attached hydrogen (secondary N) is 1. The van der Waals surface area contributed by atoms with E-state index in [-0.39, 0.29) is 18.2 Å². The van der Waals surface area contributed by atoms with Crippen LogP contribution in [0, 0.1) is 0 Å². The molecule has 1 aliphatic heterocycles. The van der Waals surface area contributed by atoms with Crippen LogP contribution in [0.2, 0.25) is 0 Å². The number of hydrogen-bond donors (Lipinski definition) is 1. The molecule has 0 aromatic heterocycles. The second-order valence-electron chi connectivity index (χ2n) is 7.60. The third-order valence-electron chi connectivity index (χ3n) is 5.67. The molecule has 0 bridgehead atoms. The van der Waals surface area contributed by atoms with Crippen molar-refractivity contribution in [1.82, 2.24) is 10.2 Å². The number of ether oxygens (including phenoxy) is 3. The second kappa shape index (κ2) is 10.5. The molecule has 0 saturated carbocycles. The van der Waals surface area contributed by atoms with E-state index in [2.05, 4.69) is 22.3 Å². The van der Waals surface area contributed by atoms with Crippen molar-refractivity contribution in [2.24, 2.45) is 0 Å². The maximum absolute atomic E-state index is 12.9. The molecule has 8 heteroatoms. The van der Waals surface area contributed by atoms with Crippen molar-refractivity contribution < 1.29 is 19.0 Å². The van der Waals surface area contributed by atoms with Crippen LogP contribution in [0.3, 0.4) is 0 Å². The van der Waals surface area contributed by atoms with Gasteiger partial charge in [-0.1, -0.05) is 30.3 Å². The molecule has 2 aromatic rings. The first-order valence-electron chi connectivity index (χ1n) is 10.7. The third kappa shape index (κ3) is 4.75. The molecule has 0 spiro atoms. The molecular weight excluding hydrogens is 426 g/mol. The summed E-state index contributed by atoms with van der Waals surface area (Å²) in [5.41, 5.74) is 2.82. The van der Waals surface area contributed by atoms with E-state index in [0.29, 0.717) is 36.2 Å². The largest absolute Gasteiger partial charge is 0.493 e. The topological polar surface area (TPSA) is 63.3 Å². The molecule has 0 unspecified atom stereocenters. The number of methoxy groups -OCH3 is 2. The molecule has 32 heavy (non-hydrogen) atoms. The highest BCUT2D eigenvalue weighted by Crippen LogP contribution is 2.46. The van der Waals surface area contributed by atoms with E-state index in [1.807, 2.05) is 44.3 Å². The maximum Gasteiger partial charge on any atom is 0.414 e. The summed E-state index contributed by atoms with van der Waals surface area (Å²) in [5.74, 6) is 1.16. The summed E-state index contributed by atoms with van der Waals surface area (Å²) in [5, 5.41) is 3.77. The first-order valence-corrected chi connectivity index (χ1v) is 11.1. The summed E-state index contributed by atoms with van der Waals surface area (Å²) in [6, 6.07) is 13.8. The molecule has 2 atom stereocenters. The number of carbonyl (C=O) groups excluding carboxylic acids is 1. The molecule has 172 valence electrons. The zero-order valence-electron chi connectivity index (χ0n) is 19.3. The smallest absolute Gasteiger partial charge is 0.414 e. The van der Waals surface area contributed by atoms with E-state index in [1.54, 1.807) is 26.0 Å². The first kappa shape index (κ1) is 23.7. The van der Waals surface area contributed by atoms with Crippen LogP contribution in [0.15, 0.2) is 42.5 Å². The molecule has 1 heterocycles. The van der Waals surface area contributed by atoms with Gasteiger partial charge in [-0.2, -0.15) is 0 Å². The Kier molecular flexibility index (Phi) is 7.80. The number of hydrogen-bond acceptors (Lipinski definition) is 5. The van der Waals surface area contributed by atoms with Crippen molar-refractivity contribution >= 4 is 29.1 Å². The van der Waals surface area contributed by atoms with Gasteiger partial charge in [0.25, 0.3) is 0 Å². The second-order valence-corrected chi connectivity index (χ2v) is 7.99. The molecule has 7 nitrogen and oxygen atoms in total. The summed E-state index contributed by atoms with van der Waals surface area (Å²) in [6.45, 7) is 4.76. The lowest BCUT2D eigenvalue weighted by Crippen LogP contribution is -2.49. The first-order chi connectivity index (χ1) is 15.4. The van der Waals surface area contributed by atoms with Gasteiger partial charge in [0.2, 0.25) is 0 Å². The molecule has 3 rings (SSSR count). The molecule has 0 fully saturated rings. The lowest BCUT2D eigenvalue weighted by atomic mass is 9.90. The van der Waals surface area contributed by atoms with Gasteiger partial charge in [-0.15, -0.1) is 0 Å². The van der Waals surface area contributed by atoms with Gasteiger partial charge in [0.05, 0.1) is 32.6 Å². The fraction of sp³-hybridized carbons (Fsp3) is 0.417. The van der Waals surface area contributed by atoms with E-state index >= 15 is 0 Å². The Balaban J connectivity index is 2.14. The lowest BCUT2D eigenvalue weighted by Gasteiger charge is -2.44. The fourth-order valence-corrected chi connectivity index (χ4v) is 4.36. The van der Waals surface area contributed by atoms with Crippen LogP contribution >= 0.6 is 12.2 Å². The Morgan fingerprint density at radius 2 is 1.84 bits per heavy atom. The third-order valence-corrected chi connectivity index (χ3v) is 6.11. The Labute approximate surface area is 195 Å². The fourth-order valence-electron chi connectivity index (χ4n) is 4.17. The van der Waals surface area contributed by atoms with E-state index in [9.17, 15) is 4.79 Å². The van der Waals surface area contributed by atoms with Gasteiger partial charge in [0.15, 0.2) is 16.6 Å². The van der Waals surface area contributed by atoms with E-state index < -0.39 is 0 Å². The number of fused-ring (bicyclic) bond motifs is 1. The van der Waals surface area contributed by atoms with Crippen molar-refractivity contribution in [2.75, 3.05) is 32.8 Å². The van der Waals surface area contributed by atoms with Crippen LogP contribution < -0.4 is 19.7 Å². The van der Waals surface area contributed by atoms with E-state index in [4.69, 9.17) is 26.4 Å². The number of carbonyl (C=O) groups is 1. The lowest BCUT2D eigenvalue weighted by molar-refractivity contribution is 0.153. The van der Waals surface area contributed by atoms with Crippen LogP contribution in [0.5, 0.6) is 11.5 Å². The standard InChI is InChI=1S/C24H31N3O4S/c1-6-31-24(28)27-16(2)12-19(18-13-21(29-4)22(30-5)14-20(18)27)26(23(32)25-3)15-17-10-8-7-9-11-17/h7-11,13-14,16,19H,6,12,15H2,1-5H3,(H,25,32)/t16-,19+/m0/s1. The highest BCUT2D eigenvalue weighted by molar-refractivity contribution is 7.80. The Hall–Kier alpha value is -3.00. The Bertz CT molecular complexity index is 954. The van der Waals surface area contributed by atoms with E-state index in [1.165, 1.54) is 0 Å². The predicted molar refractivity (Wildman–Crippen MR) is 130 cm³/mol. The summed E-state index contributed by atoms with van der Waals surface area (Å²) < 4.78 is 16.5. The summed E-state index contributed by atoms with van der Waals surface area (Å²) in [7, 11) is 5.02. The molecule has 1 aliphatic rings. The van der Waals surface area contributed by atoms with Crippen molar-refractivity contribution in [3.63, 3.8) is 0 Å². The van der Waals surface area contributed by atoms with Gasteiger partial charge >= 0.3 is 6.09 Å². The molecule has 1 N–H and O–H groups in total. The number of anilines is 1. The number of thiocarbonyl (C=S) groups is 1. The normalized spacial score (nSPS) is 17.2. The number of rotatable bonds is 6. The highest BCUT2D eigenvalue weighted by Gasteiger charge is 2.39. The Morgan fingerprint density at radius 3 is 2.44 bits per heavy atom. The Morgan fingerprint density at radius 1 is 1.19 bits per heavy atom. The van der Waals surface area contributed by atoms with Crippen LogP contribution in [0.25, 0.3) is 0 Å². The van der Waals surface area contributed by atoms with Crippen LogP contribution in [-0.2, 0) is 11.3 Å². The number of amides is 1. The molecule has 0 saturated heterocycles. The number of nitrogens with zero attached hydrogens (tertiary/aromatic N) is 2. The van der Waals surface area contributed by atoms with Crippen molar-refractivity contribution in [1.29, 1.82) is 0 Å².